The second kappa shape index (κ2) is 5.42. The van der Waals surface area contributed by atoms with E-state index in [2.05, 4.69) is 44.6 Å². The summed E-state index contributed by atoms with van der Waals surface area (Å²) < 4.78 is 0. The lowest BCUT2D eigenvalue weighted by Gasteiger charge is -2.13. The largest absolute Gasteiger partial charge is 0.306 e. The molecule has 1 N–H and O–H groups in total. The van der Waals surface area contributed by atoms with Gasteiger partial charge in [-0.2, -0.15) is 0 Å². The number of nitrogens with one attached hydrogen (secondary N) is 1. The summed E-state index contributed by atoms with van der Waals surface area (Å²) in [6.07, 6.45) is 1.04. The highest BCUT2D eigenvalue weighted by molar-refractivity contribution is 7.11. The van der Waals surface area contributed by atoms with Crippen LogP contribution in [0.2, 0.25) is 0 Å². The van der Waals surface area contributed by atoms with Crippen molar-refractivity contribution in [2.24, 2.45) is 0 Å². The lowest BCUT2D eigenvalue weighted by molar-refractivity contribution is 0.607. The lowest BCUT2D eigenvalue weighted by atomic mass is 10.2. The molecule has 1 rings (SSSR count). The summed E-state index contributed by atoms with van der Waals surface area (Å²) in [5, 5.41) is 4.62. The molecule has 0 spiro atoms. The van der Waals surface area contributed by atoms with Gasteiger partial charge in [-0.1, -0.05) is 19.1 Å². The van der Waals surface area contributed by atoms with E-state index >= 15 is 0 Å². The van der Waals surface area contributed by atoms with E-state index in [1.165, 1.54) is 10.5 Å². The highest BCUT2D eigenvalue weighted by atomic mass is 32.1. The van der Waals surface area contributed by atoms with Crippen molar-refractivity contribution in [1.82, 2.24) is 10.3 Å². The quantitative estimate of drug-likeness (QED) is 0.776. The molecule has 0 aliphatic carbocycles. The fourth-order valence-corrected chi connectivity index (χ4v) is 2.42. The first-order valence-electron chi connectivity index (χ1n) is 5.38. The molecule has 0 saturated carbocycles. The van der Waals surface area contributed by atoms with E-state index in [9.17, 15) is 0 Å². The van der Waals surface area contributed by atoms with Gasteiger partial charge in [0.05, 0.1) is 10.7 Å². The van der Waals surface area contributed by atoms with Crippen molar-refractivity contribution in [2.75, 3.05) is 6.54 Å². The van der Waals surface area contributed by atoms with Gasteiger partial charge in [0.2, 0.25) is 0 Å². The van der Waals surface area contributed by atoms with Gasteiger partial charge in [-0.3, -0.25) is 0 Å². The Hall–Kier alpha value is -0.670. The molecule has 1 aromatic rings. The Morgan fingerprint density at radius 1 is 1.53 bits per heavy atom. The van der Waals surface area contributed by atoms with Gasteiger partial charge in [0.1, 0.15) is 0 Å². The summed E-state index contributed by atoms with van der Waals surface area (Å²) in [4.78, 5) is 5.78. The van der Waals surface area contributed by atoms with Gasteiger partial charge in [0.25, 0.3) is 0 Å². The summed E-state index contributed by atoms with van der Waals surface area (Å²) in [7, 11) is 0. The Morgan fingerprint density at radius 3 is 2.67 bits per heavy atom. The minimum absolute atomic E-state index is 0.375. The Kier molecular flexibility index (Phi) is 4.48. The first-order valence-corrected chi connectivity index (χ1v) is 6.20. The van der Waals surface area contributed by atoms with Crippen molar-refractivity contribution in [3.63, 3.8) is 0 Å². The Labute approximate surface area is 96.4 Å². The van der Waals surface area contributed by atoms with Gasteiger partial charge in [-0.15, -0.1) is 11.3 Å². The van der Waals surface area contributed by atoms with Gasteiger partial charge in [0.15, 0.2) is 0 Å². The van der Waals surface area contributed by atoms with Crippen LogP contribution in [0, 0.1) is 13.8 Å². The van der Waals surface area contributed by atoms with Crippen molar-refractivity contribution in [1.29, 1.82) is 0 Å². The van der Waals surface area contributed by atoms with E-state index in [0.29, 0.717) is 6.04 Å². The van der Waals surface area contributed by atoms with E-state index in [4.69, 9.17) is 0 Å². The molecule has 1 aromatic heterocycles. The molecule has 0 saturated heterocycles. The van der Waals surface area contributed by atoms with Crippen LogP contribution in [0.25, 0.3) is 0 Å². The van der Waals surface area contributed by atoms with Crippen LogP contribution in [0.3, 0.4) is 0 Å². The first kappa shape index (κ1) is 12.4. The van der Waals surface area contributed by atoms with Crippen LogP contribution in [-0.2, 0) is 0 Å². The van der Waals surface area contributed by atoms with Crippen molar-refractivity contribution >= 4 is 11.3 Å². The number of hydrogen-bond donors (Lipinski definition) is 1. The Balaban J connectivity index is 2.57. The molecule has 0 radical (unpaired) electrons. The summed E-state index contributed by atoms with van der Waals surface area (Å²) in [6.45, 7) is 13.3. The third-order valence-electron chi connectivity index (χ3n) is 2.49. The smallest absolute Gasteiger partial charge is 0.0900 e. The number of aromatic nitrogens is 1. The van der Waals surface area contributed by atoms with Crippen molar-refractivity contribution < 1.29 is 0 Å². The van der Waals surface area contributed by atoms with Crippen LogP contribution < -0.4 is 5.32 Å². The maximum atomic E-state index is 4.44. The van der Waals surface area contributed by atoms with Crippen LogP contribution in [0.5, 0.6) is 0 Å². The molecular formula is C12H20N2S. The fraction of sp³-hybridized carbons (Fsp3) is 0.583. The van der Waals surface area contributed by atoms with Crippen molar-refractivity contribution in [3.05, 3.63) is 27.7 Å². The van der Waals surface area contributed by atoms with E-state index in [-0.39, 0.29) is 0 Å². The zero-order valence-electron chi connectivity index (χ0n) is 10.1. The molecule has 0 aliphatic heterocycles. The molecule has 1 heterocycles. The van der Waals surface area contributed by atoms with Crippen LogP contribution in [0.1, 0.15) is 41.9 Å². The average molecular weight is 224 g/mol. The van der Waals surface area contributed by atoms with E-state index in [1.807, 2.05) is 0 Å². The summed E-state index contributed by atoms with van der Waals surface area (Å²) in [6, 6.07) is 0.375. The molecule has 2 nitrogen and oxygen atoms in total. The van der Waals surface area contributed by atoms with Gasteiger partial charge in [-0.05, 0) is 27.2 Å². The molecule has 15 heavy (non-hydrogen) atoms. The SMILES string of the molecule is C=C(CC)CNC(C)c1sc(C)nc1C. The number of nitrogens with zero attached hydrogens (tertiary/aromatic N) is 1. The number of hydrogen-bond acceptors (Lipinski definition) is 3. The van der Waals surface area contributed by atoms with Crippen molar-refractivity contribution in [3.8, 4) is 0 Å². The highest BCUT2D eigenvalue weighted by Crippen LogP contribution is 2.24. The van der Waals surface area contributed by atoms with Crippen molar-refractivity contribution in [2.45, 2.75) is 40.2 Å². The minimum Gasteiger partial charge on any atom is -0.306 e. The van der Waals surface area contributed by atoms with Gasteiger partial charge in [0, 0.05) is 17.5 Å². The fourth-order valence-electron chi connectivity index (χ4n) is 1.46. The highest BCUT2D eigenvalue weighted by Gasteiger charge is 2.11. The molecule has 1 atom stereocenters. The average Bonchev–Trinajstić information content (AvgIpc) is 2.53. The van der Waals surface area contributed by atoms with Gasteiger partial charge < -0.3 is 5.32 Å². The molecular weight excluding hydrogens is 204 g/mol. The number of aryl methyl sites for hydroxylation is 2. The van der Waals surface area contributed by atoms with E-state index in [0.717, 1.165) is 23.7 Å². The molecule has 0 amide bonds. The topological polar surface area (TPSA) is 24.9 Å². The summed E-state index contributed by atoms with van der Waals surface area (Å²) in [5.74, 6) is 0. The van der Waals surface area contributed by atoms with Crippen LogP contribution in [-0.4, -0.2) is 11.5 Å². The third-order valence-corrected chi connectivity index (χ3v) is 3.75. The number of thiazole rings is 1. The summed E-state index contributed by atoms with van der Waals surface area (Å²) in [5.41, 5.74) is 2.40. The zero-order chi connectivity index (χ0) is 11.4. The molecule has 3 heteroatoms. The number of rotatable bonds is 5. The molecule has 0 aromatic carbocycles. The van der Waals surface area contributed by atoms with Gasteiger partial charge in [-0.25, -0.2) is 4.98 Å². The maximum Gasteiger partial charge on any atom is 0.0900 e. The Morgan fingerprint density at radius 2 is 2.20 bits per heavy atom. The zero-order valence-corrected chi connectivity index (χ0v) is 10.9. The maximum absolute atomic E-state index is 4.44. The van der Waals surface area contributed by atoms with Crippen LogP contribution in [0.4, 0.5) is 0 Å². The third kappa shape index (κ3) is 3.43. The van der Waals surface area contributed by atoms with E-state index in [1.54, 1.807) is 11.3 Å². The predicted octanol–water partition coefficient (Wildman–Crippen LogP) is 3.38. The second-order valence-corrected chi connectivity index (χ2v) is 5.12. The molecule has 0 bridgehead atoms. The lowest BCUT2D eigenvalue weighted by Crippen LogP contribution is -2.20. The van der Waals surface area contributed by atoms with E-state index < -0.39 is 0 Å². The van der Waals surface area contributed by atoms with Crippen LogP contribution >= 0.6 is 11.3 Å². The standard InChI is InChI=1S/C12H20N2S/c1-6-8(2)7-13-9(3)12-10(4)14-11(5)15-12/h9,13H,2,6-7H2,1,3-5H3. The predicted molar refractivity (Wildman–Crippen MR) is 67.4 cm³/mol. The molecule has 1 unspecified atom stereocenters. The molecule has 0 fully saturated rings. The van der Waals surface area contributed by atoms with Crippen LogP contribution in [0.15, 0.2) is 12.2 Å². The van der Waals surface area contributed by atoms with Gasteiger partial charge >= 0.3 is 0 Å². The minimum atomic E-state index is 0.375. The summed E-state index contributed by atoms with van der Waals surface area (Å²) >= 11 is 1.78. The second-order valence-electron chi connectivity index (χ2n) is 3.89. The Bertz CT molecular complexity index is 341. The monoisotopic (exact) mass is 224 g/mol. The normalized spacial score (nSPS) is 12.8. The first-order chi connectivity index (χ1) is 7.04. The molecule has 0 aliphatic rings. The molecule has 84 valence electrons.